The van der Waals surface area contributed by atoms with Gasteiger partial charge in [0, 0.05) is 6.54 Å². The van der Waals surface area contributed by atoms with Crippen LogP contribution >= 0.6 is 0 Å². The summed E-state index contributed by atoms with van der Waals surface area (Å²) >= 11 is 0. The summed E-state index contributed by atoms with van der Waals surface area (Å²) in [6.07, 6.45) is 3.89. The molecule has 0 spiro atoms. The Hall–Kier alpha value is -0.890. The first-order valence-corrected chi connectivity index (χ1v) is 8.02. The average Bonchev–Trinajstić information content (AvgIpc) is 2.80. The molecular weight excluding hydrogens is 268 g/mol. The Morgan fingerprint density at radius 1 is 1.37 bits per heavy atom. The SMILES string of the molecule is NS(=O)(=O)c1ccc(CNCC2CCCCC2O)o1. The Bertz CT molecular complexity index is 512. The lowest BCUT2D eigenvalue weighted by molar-refractivity contribution is 0.0692. The molecule has 2 atom stereocenters. The largest absolute Gasteiger partial charge is 0.447 e. The van der Waals surface area contributed by atoms with E-state index in [-0.39, 0.29) is 17.1 Å². The third-order valence-corrected chi connectivity index (χ3v) is 4.27. The van der Waals surface area contributed by atoms with Crippen LogP contribution in [0, 0.1) is 5.92 Å². The number of aliphatic hydroxyl groups excluding tert-OH is 1. The first-order chi connectivity index (χ1) is 8.97. The van der Waals surface area contributed by atoms with E-state index < -0.39 is 10.0 Å². The minimum absolute atomic E-state index is 0.220. The maximum absolute atomic E-state index is 11.0. The Balaban J connectivity index is 1.81. The lowest BCUT2D eigenvalue weighted by atomic mass is 9.86. The molecule has 0 aliphatic heterocycles. The number of sulfonamides is 1. The highest BCUT2D eigenvalue weighted by atomic mass is 32.2. The van der Waals surface area contributed by atoms with Gasteiger partial charge in [0.15, 0.2) is 0 Å². The van der Waals surface area contributed by atoms with Gasteiger partial charge in [0.25, 0.3) is 10.0 Å². The fourth-order valence-corrected chi connectivity index (χ4v) is 2.89. The average molecular weight is 288 g/mol. The van der Waals surface area contributed by atoms with Crippen LogP contribution < -0.4 is 10.5 Å². The lowest BCUT2D eigenvalue weighted by Crippen LogP contribution is -2.33. The molecule has 2 rings (SSSR count). The van der Waals surface area contributed by atoms with Crippen LogP contribution in [0.15, 0.2) is 21.6 Å². The molecule has 7 heteroatoms. The number of rotatable bonds is 5. The molecule has 0 aromatic carbocycles. The van der Waals surface area contributed by atoms with Gasteiger partial charge < -0.3 is 14.8 Å². The molecule has 1 aliphatic rings. The van der Waals surface area contributed by atoms with Gasteiger partial charge in [0.05, 0.1) is 12.6 Å². The molecule has 1 fully saturated rings. The monoisotopic (exact) mass is 288 g/mol. The molecule has 0 radical (unpaired) electrons. The standard InChI is InChI=1S/C12H20N2O4S/c13-19(16,17)12-6-5-10(18-12)8-14-7-9-3-1-2-4-11(9)15/h5-6,9,11,14-15H,1-4,7-8H2,(H2,13,16,17). The lowest BCUT2D eigenvalue weighted by Gasteiger charge is -2.27. The Labute approximate surface area is 113 Å². The van der Waals surface area contributed by atoms with Crippen molar-refractivity contribution in [2.45, 2.75) is 43.4 Å². The van der Waals surface area contributed by atoms with Gasteiger partial charge in [0.2, 0.25) is 5.09 Å². The number of nitrogens with one attached hydrogen (secondary N) is 1. The first-order valence-electron chi connectivity index (χ1n) is 6.47. The zero-order valence-corrected chi connectivity index (χ0v) is 11.5. The molecule has 4 N–H and O–H groups in total. The summed E-state index contributed by atoms with van der Waals surface area (Å²) in [5, 5.41) is 17.7. The molecule has 0 amide bonds. The molecule has 6 nitrogen and oxygen atoms in total. The predicted molar refractivity (Wildman–Crippen MR) is 69.8 cm³/mol. The van der Waals surface area contributed by atoms with Crippen molar-refractivity contribution < 1.29 is 17.9 Å². The molecule has 2 unspecified atom stereocenters. The normalized spacial score (nSPS) is 24.5. The van der Waals surface area contributed by atoms with Gasteiger partial charge in [-0.3, -0.25) is 0 Å². The smallest absolute Gasteiger partial charge is 0.271 e. The van der Waals surface area contributed by atoms with Crippen LogP contribution in [0.2, 0.25) is 0 Å². The zero-order valence-electron chi connectivity index (χ0n) is 10.7. The van der Waals surface area contributed by atoms with E-state index in [1.807, 2.05) is 0 Å². The van der Waals surface area contributed by atoms with Gasteiger partial charge >= 0.3 is 0 Å². The fraction of sp³-hybridized carbons (Fsp3) is 0.667. The van der Waals surface area contributed by atoms with E-state index in [2.05, 4.69) is 5.32 Å². The van der Waals surface area contributed by atoms with Crippen molar-refractivity contribution >= 4 is 10.0 Å². The van der Waals surface area contributed by atoms with E-state index in [1.165, 1.54) is 6.07 Å². The van der Waals surface area contributed by atoms with Crippen molar-refractivity contribution in [1.82, 2.24) is 5.32 Å². The topological polar surface area (TPSA) is 106 Å². The van der Waals surface area contributed by atoms with Crippen LogP contribution in [-0.4, -0.2) is 26.2 Å². The summed E-state index contributed by atoms with van der Waals surface area (Å²) < 4.78 is 27.2. The second-order valence-corrected chi connectivity index (χ2v) is 6.50. The zero-order chi connectivity index (χ0) is 13.9. The van der Waals surface area contributed by atoms with Gasteiger partial charge in [-0.2, -0.15) is 0 Å². The summed E-state index contributed by atoms with van der Waals surface area (Å²) in [6.45, 7) is 1.13. The van der Waals surface area contributed by atoms with Crippen LogP contribution in [0.4, 0.5) is 0 Å². The number of aliphatic hydroxyl groups is 1. The molecule has 108 valence electrons. The fourth-order valence-electron chi connectivity index (χ4n) is 2.41. The Morgan fingerprint density at radius 2 is 2.11 bits per heavy atom. The number of primary sulfonamides is 1. The summed E-state index contributed by atoms with van der Waals surface area (Å²) in [5.74, 6) is 0.788. The quantitative estimate of drug-likeness (QED) is 0.734. The Kier molecular flexibility index (Phi) is 4.62. The van der Waals surface area contributed by atoms with Crippen LogP contribution in [0.5, 0.6) is 0 Å². The van der Waals surface area contributed by atoms with Crippen LogP contribution in [0.25, 0.3) is 0 Å². The summed E-state index contributed by atoms with van der Waals surface area (Å²) in [5.41, 5.74) is 0. The van der Waals surface area contributed by atoms with E-state index in [9.17, 15) is 13.5 Å². The molecule has 1 heterocycles. The number of nitrogens with two attached hydrogens (primary N) is 1. The summed E-state index contributed by atoms with van der Waals surface area (Å²) in [6, 6.07) is 2.94. The molecule has 1 aliphatic carbocycles. The van der Waals surface area contributed by atoms with Crippen molar-refractivity contribution in [3.05, 3.63) is 17.9 Å². The molecule has 0 bridgehead atoms. The molecule has 1 aromatic rings. The molecule has 0 saturated heterocycles. The second-order valence-electron chi connectivity index (χ2n) is 5.01. The van der Waals surface area contributed by atoms with Crippen molar-refractivity contribution in [1.29, 1.82) is 0 Å². The first kappa shape index (κ1) is 14.5. The van der Waals surface area contributed by atoms with Gasteiger partial charge in [-0.05, 0) is 30.9 Å². The number of furan rings is 1. The van der Waals surface area contributed by atoms with Gasteiger partial charge in [-0.1, -0.05) is 12.8 Å². The highest BCUT2D eigenvalue weighted by molar-refractivity contribution is 7.89. The second kappa shape index (κ2) is 6.04. The number of hydrogen-bond donors (Lipinski definition) is 3. The van der Waals surface area contributed by atoms with E-state index in [1.54, 1.807) is 6.07 Å². The number of hydrogen-bond acceptors (Lipinski definition) is 5. The molecule has 1 aromatic heterocycles. The molecular formula is C12H20N2O4S. The maximum atomic E-state index is 11.0. The van der Waals surface area contributed by atoms with Crippen molar-refractivity contribution in [2.24, 2.45) is 11.1 Å². The predicted octanol–water partition coefficient (Wildman–Crippen LogP) is 0.568. The van der Waals surface area contributed by atoms with E-state index in [4.69, 9.17) is 9.56 Å². The van der Waals surface area contributed by atoms with Crippen molar-refractivity contribution in [3.8, 4) is 0 Å². The minimum Gasteiger partial charge on any atom is -0.447 e. The minimum atomic E-state index is -3.77. The molecule has 1 saturated carbocycles. The van der Waals surface area contributed by atoms with Gasteiger partial charge in [0.1, 0.15) is 5.76 Å². The van der Waals surface area contributed by atoms with Crippen LogP contribution in [0.1, 0.15) is 31.4 Å². The third kappa shape index (κ3) is 4.04. The van der Waals surface area contributed by atoms with Gasteiger partial charge in [-0.15, -0.1) is 0 Å². The highest BCUT2D eigenvalue weighted by Gasteiger charge is 2.22. The molecule has 19 heavy (non-hydrogen) atoms. The third-order valence-electron chi connectivity index (χ3n) is 3.49. The summed E-state index contributed by atoms with van der Waals surface area (Å²) in [7, 11) is -3.77. The van der Waals surface area contributed by atoms with E-state index >= 15 is 0 Å². The van der Waals surface area contributed by atoms with Crippen molar-refractivity contribution in [3.63, 3.8) is 0 Å². The summed E-state index contributed by atoms with van der Waals surface area (Å²) in [4.78, 5) is 0. The van der Waals surface area contributed by atoms with E-state index in [0.29, 0.717) is 18.8 Å². The van der Waals surface area contributed by atoms with Crippen LogP contribution in [0.3, 0.4) is 0 Å². The Morgan fingerprint density at radius 3 is 2.74 bits per heavy atom. The van der Waals surface area contributed by atoms with Crippen molar-refractivity contribution in [2.75, 3.05) is 6.54 Å². The highest BCUT2D eigenvalue weighted by Crippen LogP contribution is 2.23. The van der Waals surface area contributed by atoms with Crippen LogP contribution in [-0.2, 0) is 16.6 Å². The van der Waals surface area contributed by atoms with E-state index in [0.717, 1.165) is 25.7 Å². The van der Waals surface area contributed by atoms with Gasteiger partial charge in [-0.25, -0.2) is 13.6 Å². The maximum Gasteiger partial charge on any atom is 0.271 e.